The van der Waals surface area contributed by atoms with Gasteiger partial charge in [0.05, 0.1) is 4.90 Å². The van der Waals surface area contributed by atoms with E-state index in [4.69, 9.17) is 0 Å². The zero-order valence-electron chi connectivity index (χ0n) is 9.68. The van der Waals surface area contributed by atoms with Gasteiger partial charge < -0.3 is 0 Å². The van der Waals surface area contributed by atoms with Crippen LogP contribution in [-0.2, 0) is 16.4 Å². The van der Waals surface area contributed by atoms with Crippen LogP contribution in [0.5, 0.6) is 0 Å². The Kier molecular flexibility index (Phi) is 3.04. The van der Waals surface area contributed by atoms with E-state index in [9.17, 15) is 8.42 Å². The Balaban J connectivity index is 2.40. The molecule has 2 rings (SSSR count). The summed E-state index contributed by atoms with van der Waals surface area (Å²) >= 11 is 0. The Morgan fingerprint density at radius 1 is 1.31 bits per heavy atom. The first-order chi connectivity index (χ1) is 7.51. The summed E-state index contributed by atoms with van der Waals surface area (Å²) in [7, 11) is -3.24. The Morgan fingerprint density at radius 3 is 2.69 bits per heavy atom. The molecule has 0 saturated heterocycles. The number of nitrogens with zero attached hydrogens (tertiary/aromatic N) is 1. The summed E-state index contributed by atoms with van der Waals surface area (Å²) in [5.74, 6) is 0.361. The Bertz CT molecular complexity index is 480. The molecule has 4 heteroatoms. The van der Waals surface area contributed by atoms with Crippen molar-refractivity contribution in [1.82, 2.24) is 4.31 Å². The monoisotopic (exact) mass is 239 g/mol. The van der Waals surface area contributed by atoms with Crippen molar-refractivity contribution >= 4 is 10.0 Å². The molecular formula is C12H17NO2S. The van der Waals surface area contributed by atoms with E-state index < -0.39 is 10.0 Å². The Labute approximate surface area is 97.1 Å². The van der Waals surface area contributed by atoms with Crippen molar-refractivity contribution in [3.63, 3.8) is 0 Å². The van der Waals surface area contributed by atoms with Crippen LogP contribution in [0.2, 0.25) is 0 Å². The van der Waals surface area contributed by atoms with E-state index in [1.165, 1.54) is 0 Å². The summed E-state index contributed by atoms with van der Waals surface area (Å²) in [5.41, 5.74) is 0.947. The molecule has 0 radical (unpaired) electrons. The van der Waals surface area contributed by atoms with Crippen LogP contribution in [0.15, 0.2) is 29.2 Å². The molecule has 0 atom stereocenters. The van der Waals surface area contributed by atoms with Gasteiger partial charge in [0.2, 0.25) is 10.0 Å². The normalized spacial score (nSPS) is 19.7. The minimum atomic E-state index is -3.24. The lowest BCUT2D eigenvalue weighted by Crippen LogP contribution is -2.39. The third kappa shape index (κ3) is 1.99. The van der Waals surface area contributed by atoms with Gasteiger partial charge in [-0.05, 0) is 24.0 Å². The molecule has 1 aliphatic heterocycles. The number of fused-ring (bicyclic) bond motifs is 1. The number of sulfonamides is 1. The SMILES string of the molecule is CC(C)CN1CCc2ccccc2S1(=O)=O. The molecule has 1 aromatic rings. The van der Waals surface area contributed by atoms with Crippen molar-refractivity contribution in [2.24, 2.45) is 5.92 Å². The lowest BCUT2D eigenvalue weighted by Gasteiger charge is -2.29. The second-order valence-corrected chi connectivity index (χ2v) is 6.52. The standard InChI is InChI=1S/C12H17NO2S/c1-10(2)9-13-8-7-11-5-3-4-6-12(11)16(13,14)15/h3-6,10H,7-9H2,1-2H3. The summed E-state index contributed by atoms with van der Waals surface area (Å²) in [4.78, 5) is 0.488. The molecule has 1 heterocycles. The van der Waals surface area contributed by atoms with Crippen LogP contribution < -0.4 is 0 Å². The molecule has 1 aromatic carbocycles. The first-order valence-corrected chi connectivity index (χ1v) is 7.04. The highest BCUT2D eigenvalue weighted by Gasteiger charge is 2.30. The maximum absolute atomic E-state index is 12.3. The second kappa shape index (κ2) is 4.18. The summed E-state index contributed by atoms with van der Waals surface area (Å²) in [5, 5.41) is 0. The third-order valence-electron chi connectivity index (χ3n) is 2.79. The molecule has 88 valence electrons. The van der Waals surface area contributed by atoms with Crippen LogP contribution in [0.1, 0.15) is 19.4 Å². The highest BCUT2D eigenvalue weighted by molar-refractivity contribution is 7.89. The average molecular weight is 239 g/mol. The molecule has 0 aliphatic carbocycles. The fourth-order valence-electron chi connectivity index (χ4n) is 2.06. The minimum Gasteiger partial charge on any atom is -0.207 e. The molecule has 0 N–H and O–H groups in total. The highest BCUT2D eigenvalue weighted by atomic mass is 32.2. The zero-order valence-corrected chi connectivity index (χ0v) is 10.5. The number of benzene rings is 1. The van der Waals surface area contributed by atoms with Crippen molar-refractivity contribution in [2.45, 2.75) is 25.2 Å². The predicted octanol–water partition coefficient (Wildman–Crippen LogP) is 1.89. The van der Waals surface area contributed by atoms with E-state index in [1.54, 1.807) is 16.4 Å². The first-order valence-electron chi connectivity index (χ1n) is 5.60. The molecule has 0 saturated carbocycles. The maximum Gasteiger partial charge on any atom is 0.243 e. The van der Waals surface area contributed by atoms with E-state index >= 15 is 0 Å². The van der Waals surface area contributed by atoms with Crippen molar-refractivity contribution in [3.8, 4) is 0 Å². The summed E-state index contributed by atoms with van der Waals surface area (Å²) in [6.45, 7) is 5.29. The molecular weight excluding hydrogens is 222 g/mol. The second-order valence-electron chi connectivity index (χ2n) is 4.61. The maximum atomic E-state index is 12.3. The molecule has 0 fully saturated rings. The van der Waals surface area contributed by atoms with Gasteiger partial charge in [-0.2, -0.15) is 4.31 Å². The predicted molar refractivity (Wildman–Crippen MR) is 63.7 cm³/mol. The largest absolute Gasteiger partial charge is 0.243 e. The molecule has 1 aliphatic rings. The van der Waals surface area contributed by atoms with Gasteiger partial charge in [-0.3, -0.25) is 0 Å². The summed E-state index contributed by atoms with van der Waals surface area (Å²) < 4.78 is 26.1. The zero-order chi connectivity index (χ0) is 11.8. The quantitative estimate of drug-likeness (QED) is 0.790. The fraction of sp³-hybridized carbons (Fsp3) is 0.500. The van der Waals surface area contributed by atoms with Crippen molar-refractivity contribution in [2.75, 3.05) is 13.1 Å². The van der Waals surface area contributed by atoms with Crippen LogP contribution >= 0.6 is 0 Å². The number of hydrogen-bond donors (Lipinski definition) is 0. The Morgan fingerprint density at radius 2 is 2.00 bits per heavy atom. The van der Waals surface area contributed by atoms with Crippen LogP contribution in [0.25, 0.3) is 0 Å². The van der Waals surface area contributed by atoms with Crippen LogP contribution in [0, 0.1) is 5.92 Å². The highest BCUT2D eigenvalue weighted by Crippen LogP contribution is 2.26. The van der Waals surface area contributed by atoms with Crippen LogP contribution in [-0.4, -0.2) is 25.8 Å². The van der Waals surface area contributed by atoms with Gasteiger partial charge in [0.25, 0.3) is 0 Å². The van der Waals surface area contributed by atoms with Gasteiger partial charge in [-0.25, -0.2) is 8.42 Å². The smallest absolute Gasteiger partial charge is 0.207 e. The van der Waals surface area contributed by atoms with E-state index in [2.05, 4.69) is 0 Å². The van der Waals surface area contributed by atoms with Crippen LogP contribution in [0.3, 0.4) is 0 Å². The fourth-order valence-corrected chi connectivity index (χ4v) is 3.92. The van der Waals surface area contributed by atoms with E-state index in [-0.39, 0.29) is 0 Å². The molecule has 0 amide bonds. The van der Waals surface area contributed by atoms with Gasteiger partial charge in [0.1, 0.15) is 0 Å². The summed E-state index contributed by atoms with van der Waals surface area (Å²) in [6, 6.07) is 7.29. The van der Waals surface area contributed by atoms with Gasteiger partial charge in [-0.1, -0.05) is 32.0 Å². The molecule has 0 aromatic heterocycles. The molecule has 0 spiro atoms. The van der Waals surface area contributed by atoms with Crippen molar-refractivity contribution in [3.05, 3.63) is 29.8 Å². The van der Waals surface area contributed by atoms with Gasteiger partial charge >= 0.3 is 0 Å². The van der Waals surface area contributed by atoms with Crippen LogP contribution in [0.4, 0.5) is 0 Å². The minimum absolute atomic E-state index is 0.361. The van der Waals surface area contributed by atoms with Crippen molar-refractivity contribution < 1.29 is 8.42 Å². The molecule has 0 bridgehead atoms. The topological polar surface area (TPSA) is 37.4 Å². The van der Waals surface area contributed by atoms with Gasteiger partial charge in [0, 0.05) is 13.1 Å². The van der Waals surface area contributed by atoms with Gasteiger partial charge in [-0.15, -0.1) is 0 Å². The third-order valence-corrected chi connectivity index (χ3v) is 4.76. The lowest BCUT2D eigenvalue weighted by molar-refractivity contribution is 0.360. The number of hydrogen-bond acceptors (Lipinski definition) is 2. The van der Waals surface area contributed by atoms with Gasteiger partial charge in [0.15, 0.2) is 0 Å². The molecule has 3 nitrogen and oxygen atoms in total. The van der Waals surface area contributed by atoms with E-state index in [1.807, 2.05) is 26.0 Å². The summed E-state index contributed by atoms with van der Waals surface area (Å²) in [6.07, 6.45) is 0.822. The first kappa shape index (κ1) is 11.6. The average Bonchev–Trinajstić information content (AvgIpc) is 2.22. The van der Waals surface area contributed by atoms with E-state index in [0.717, 1.165) is 12.0 Å². The lowest BCUT2D eigenvalue weighted by atomic mass is 10.1. The van der Waals surface area contributed by atoms with E-state index in [0.29, 0.717) is 23.9 Å². The molecule has 0 unspecified atom stereocenters. The number of rotatable bonds is 2. The van der Waals surface area contributed by atoms with Crippen molar-refractivity contribution in [1.29, 1.82) is 0 Å². The molecule has 16 heavy (non-hydrogen) atoms. The Hall–Kier alpha value is -0.870.